The molecule has 10 nitrogen and oxygen atoms in total. The SMILES string of the molecule is CCOc1nc(-c2ccnc(NC(=O)c3cc(C)on3)c2)sc1-c1ncn[nH]1. The molecule has 0 radical (unpaired) electrons. The number of carbonyl (C=O) groups excluding carboxylic acids is 1. The Balaban J connectivity index is 1.62. The Morgan fingerprint density at radius 2 is 2.25 bits per heavy atom. The van der Waals surface area contributed by atoms with E-state index >= 15 is 0 Å². The molecule has 0 saturated carbocycles. The van der Waals surface area contributed by atoms with Gasteiger partial charge in [-0.3, -0.25) is 9.89 Å². The van der Waals surface area contributed by atoms with Crippen LogP contribution in [0.4, 0.5) is 5.82 Å². The minimum Gasteiger partial charge on any atom is -0.477 e. The van der Waals surface area contributed by atoms with Crippen LogP contribution in [-0.2, 0) is 0 Å². The molecule has 4 rings (SSSR count). The van der Waals surface area contributed by atoms with E-state index in [0.29, 0.717) is 34.9 Å². The molecule has 4 heterocycles. The first-order valence-corrected chi connectivity index (χ1v) is 9.16. The monoisotopic (exact) mass is 397 g/mol. The fourth-order valence-corrected chi connectivity index (χ4v) is 3.37. The molecule has 2 N–H and O–H groups in total. The molecule has 0 aliphatic rings. The number of pyridine rings is 1. The summed E-state index contributed by atoms with van der Waals surface area (Å²) >= 11 is 1.40. The fourth-order valence-electron chi connectivity index (χ4n) is 2.41. The lowest BCUT2D eigenvalue weighted by molar-refractivity contribution is 0.101. The number of ether oxygens (including phenoxy) is 1. The zero-order valence-corrected chi connectivity index (χ0v) is 15.8. The van der Waals surface area contributed by atoms with Crippen molar-refractivity contribution in [3.63, 3.8) is 0 Å². The van der Waals surface area contributed by atoms with Crippen molar-refractivity contribution >= 4 is 23.1 Å². The number of aryl methyl sites for hydroxylation is 1. The van der Waals surface area contributed by atoms with Gasteiger partial charge in [-0.25, -0.2) is 15.0 Å². The maximum atomic E-state index is 12.2. The molecule has 0 aromatic carbocycles. The van der Waals surface area contributed by atoms with E-state index in [2.05, 4.69) is 35.6 Å². The second-order valence-electron chi connectivity index (χ2n) is 5.63. The van der Waals surface area contributed by atoms with Crippen molar-refractivity contribution in [2.45, 2.75) is 13.8 Å². The van der Waals surface area contributed by atoms with Gasteiger partial charge in [-0.15, -0.1) is 11.3 Å². The summed E-state index contributed by atoms with van der Waals surface area (Å²) in [7, 11) is 0. The first-order valence-electron chi connectivity index (χ1n) is 8.34. The van der Waals surface area contributed by atoms with E-state index in [1.165, 1.54) is 17.7 Å². The average molecular weight is 397 g/mol. The largest absolute Gasteiger partial charge is 0.477 e. The summed E-state index contributed by atoms with van der Waals surface area (Å²) in [5, 5.41) is 13.8. The van der Waals surface area contributed by atoms with E-state index < -0.39 is 5.91 Å². The number of rotatable bonds is 6. The van der Waals surface area contributed by atoms with Gasteiger partial charge in [0.05, 0.1) is 6.61 Å². The van der Waals surface area contributed by atoms with E-state index in [9.17, 15) is 4.79 Å². The number of H-pyrrole nitrogens is 1. The highest BCUT2D eigenvalue weighted by Gasteiger charge is 2.18. The van der Waals surface area contributed by atoms with Gasteiger partial charge >= 0.3 is 0 Å². The Hall–Kier alpha value is -3.60. The normalized spacial score (nSPS) is 10.8. The molecule has 0 fully saturated rings. The molecule has 0 aliphatic carbocycles. The maximum absolute atomic E-state index is 12.2. The molecule has 4 aromatic heterocycles. The van der Waals surface area contributed by atoms with Gasteiger partial charge in [0.2, 0.25) is 5.88 Å². The Morgan fingerprint density at radius 1 is 1.36 bits per heavy atom. The number of nitrogens with zero attached hydrogens (tertiary/aromatic N) is 5. The van der Waals surface area contributed by atoms with Crippen molar-refractivity contribution in [3.05, 3.63) is 42.2 Å². The minimum atomic E-state index is -0.405. The number of aromatic nitrogens is 6. The zero-order valence-electron chi connectivity index (χ0n) is 15.0. The molecule has 28 heavy (non-hydrogen) atoms. The van der Waals surface area contributed by atoms with Crippen molar-refractivity contribution < 1.29 is 14.1 Å². The van der Waals surface area contributed by atoms with Crippen molar-refractivity contribution in [3.8, 4) is 27.2 Å². The minimum absolute atomic E-state index is 0.185. The third kappa shape index (κ3) is 3.60. The number of nitrogens with one attached hydrogen (secondary N) is 2. The summed E-state index contributed by atoms with van der Waals surface area (Å²) in [5.74, 6) is 1.57. The first kappa shape index (κ1) is 17.8. The topological polar surface area (TPSA) is 132 Å². The highest BCUT2D eigenvalue weighted by molar-refractivity contribution is 7.18. The molecular formula is C17H15N7O3S. The quantitative estimate of drug-likeness (QED) is 0.507. The standard InChI is InChI=1S/C17H15N7O3S/c1-3-26-16-13(14-19-8-20-23-14)28-17(22-16)10-4-5-18-12(7-10)21-15(25)11-6-9(2)27-24-11/h4-8H,3H2,1-2H3,(H,18,21,25)(H,19,20,23). The summed E-state index contributed by atoms with van der Waals surface area (Å²) in [6.45, 7) is 4.07. The lowest BCUT2D eigenvalue weighted by Crippen LogP contribution is -2.13. The molecule has 0 saturated heterocycles. The number of carbonyl (C=O) groups is 1. The summed E-state index contributed by atoms with van der Waals surface area (Å²) in [5.41, 5.74) is 0.962. The number of anilines is 1. The van der Waals surface area contributed by atoms with Gasteiger partial charge in [0.25, 0.3) is 5.91 Å². The van der Waals surface area contributed by atoms with Gasteiger partial charge in [-0.1, -0.05) is 5.16 Å². The Labute approximate surface area is 163 Å². The van der Waals surface area contributed by atoms with E-state index in [1.807, 2.05) is 6.92 Å². The van der Waals surface area contributed by atoms with Gasteiger partial charge in [0.15, 0.2) is 11.5 Å². The van der Waals surface area contributed by atoms with E-state index in [0.717, 1.165) is 10.4 Å². The lowest BCUT2D eigenvalue weighted by atomic mass is 10.2. The predicted octanol–water partition coefficient (Wildman–Crippen LogP) is 2.94. The number of amides is 1. The number of thiazole rings is 1. The summed E-state index contributed by atoms with van der Waals surface area (Å²) in [6, 6.07) is 5.08. The van der Waals surface area contributed by atoms with Crippen molar-refractivity contribution in [2.24, 2.45) is 0 Å². The third-order valence-corrected chi connectivity index (χ3v) is 4.71. The van der Waals surface area contributed by atoms with Crippen molar-refractivity contribution in [1.82, 2.24) is 30.3 Å². The molecule has 0 spiro atoms. The third-order valence-electron chi connectivity index (χ3n) is 3.62. The molecule has 11 heteroatoms. The number of aromatic amines is 1. The van der Waals surface area contributed by atoms with Crippen LogP contribution in [0.25, 0.3) is 21.3 Å². The number of hydrogen-bond donors (Lipinski definition) is 2. The summed E-state index contributed by atoms with van der Waals surface area (Å²) in [6.07, 6.45) is 3.02. The molecular weight excluding hydrogens is 382 g/mol. The average Bonchev–Trinajstić information content (AvgIpc) is 3.42. The van der Waals surface area contributed by atoms with Crippen LogP contribution in [0.3, 0.4) is 0 Å². The second-order valence-corrected chi connectivity index (χ2v) is 6.63. The predicted molar refractivity (Wildman–Crippen MR) is 101 cm³/mol. The van der Waals surface area contributed by atoms with Crippen LogP contribution < -0.4 is 10.1 Å². The summed E-state index contributed by atoms with van der Waals surface area (Å²) < 4.78 is 10.5. The molecule has 0 atom stereocenters. The fraction of sp³-hybridized carbons (Fsp3) is 0.176. The highest BCUT2D eigenvalue weighted by Crippen LogP contribution is 2.38. The lowest BCUT2D eigenvalue weighted by Gasteiger charge is -2.03. The van der Waals surface area contributed by atoms with Crippen molar-refractivity contribution in [2.75, 3.05) is 11.9 Å². The van der Waals surface area contributed by atoms with Crippen LogP contribution in [0.15, 0.2) is 35.2 Å². The van der Waals surface area contributed by atoms with Crippen LogP contribution in [0.1, 0.15) is 23.2 Å². The van der Waals surface area contributed by atoms with Crippen LogP contribution >= 0.6 is 11.3 Å². The molecule has 142 valence electrons. The Morgan fingerprint density at radius 3 is 2.96 bits per heavy atom. The van der Waals surface area contributed by atoms with Gasteiger partial charge in [0, 0.05) is 17.8 Å². The molecule has 0 bridgehead atoms. The van der Waals surface area contributed by atoms with Gasteiger partial charge in [0.1, 0.15) is 27.8 Å². The smallest absolute Gasteiger partial charge is 0.279 e. The van der Waals surface area contributed by atoms with Crippen LogP contribution in [-0.4, -0.2) is 42.8 Å². The molecule has 0 aliphatic heterocycles. The van der Waals surface area contributed by atoms with Gasteiger partial charge < -0.3 is 14.6 Å². The maximum Gasteiger partial charge on any atom is 0.279 e. The van der Waals surface area contributed by atoms with E-state index in [4.69, 9.17) is 9.26 Å². The zero-order chi connectivity index (χ0) is 19.5. The Kier molecular flexibility index (Phi) is 4.81. The van der Waals surface area contributed by atoms with Crippen LogP contribution in [0, 0.1) is 6.92 Å². The van der Waals surface area contributed by atoms with Crippen LogP contribution in [0.2, 0.25) is 0 Å². The van der Waals surface area contributed by atoms with E-state index in [-0.39, 0.29) is 5.69 Å². The second kappa shape index (κ2) is 7.56. The number of hydrogen-bond acceptors (Lipinski definition) is 9. The first-order chi connectivity index (χ1) is 13.6. The Bertz CT molecular complexity index is 1100. The summed E-state index contributed by atoms with van der Waals surface area (Å²) in [4.78, 5) is 25.9. The van der Waals surface area contributed by atoms with Gasteiger partial charge in [-0.05, 0) is 26.0 Å². The highest BCUT2D eigenvalue weighted by atomic mass is 32.1. The molecule has 0 unspecified atom stereocenters. The van der Waals surface area contributed by atoms with E-state index in [1.54, 1.807) is 31.3 Å². The van der Waals surface area contributed by atoms with Crippen molar-refractivity contribution in [1.29, 1.82) is 0 Å². The molecule has 1 amide bonds. The van der Waals surface area contributed by atoms with Crippen LogP contribution in [0.5, 0.6) is 5.88 Å². The molecule has 4 aromatic rings. The van der Waals surface area contributed by atoms with Gasteiger partial charge in [-0.2, -0.15) is 5.10 Å².